The molecule has 4 heteroatoms. The first-order valence-electron chi connectivity index (χ1n) is 3.73. The Morgan fingerprint density at radius 3 is 1.55 bits per heavy atom. The highest BCUT2D eigenvalue weighted by molar-refractivity contribution is 4.88. The van der Waals surface area contributed by atoms with E-state index in [1.165, 1.54) is 0 Å². The molecule has 4 unspecified atom stereocenters. The van der Waals surface area contributed by atoms with Gasteiger partial charge in [-0.2, -0.15) is 0 Å². The van der Waals surface area contributed by atoms with Gasteiger partial charge in [0.15, 0.2) is 0 Å². The minimum Gasteiger partial charge on any atom is -0.388 e. The molecular formula is C7H14O4. The third kappa shape index (κ3) is 1.54. The second-order valence-corrected chi connectivity index (χ2v) is 3.02. The van der Waals surface area contributed by atoms with Crippen LogP contribution in [0.3, 0.4) is 0 Å². The van der Waals surface area contributed by atoms with Gasteiger partial charge < -0.3 is 20.1 Å². The Morgan fingerprint density at radius 2 is 1.18 bits per heavy atom. The molecule has 0 bridgehead atoms. The molecule has 4 atom stereocenters. The molecule has 0 amide bonds. The summed E-state index contributed by atoms with van der Waals surface area (Å²) in [6.07, 6.45) is -3.89. The van der Waals surface area contributed by atoms with Gasteiger partial charge in [-0.15, -0.1) is 0 Å². The molecule has 0 aromatic carbocycles. The molecule has 11 heavy (non-hydrogen) atoms. The van der Waals surface area contributed by atoms with E-state index in [2.05, 4.69) is 0 Å². The van der Waals surface area contributed by atoms with Crippen molar-refractivity contribution >= 4 is 0 Å². The average molecular weight is 162 g/mol. The summed E-state index contributed by atoms with van der Waals surface area (Å²) in [5.41, 5.74) is 0. The van der Waals surface area contributed by atoms with E-state index in [1.807, 2.05) is 0 Å². The van der Waals surface area contributed by atoms with Crippen molar-refractivity contribution in [3.05, 3.63) is 0 Å². The summed E-state index contributed by atoms with van der Waals surface area (Å²) in [5, 5.41) is 27.6. The van der Waals surface area contributed by atoms with Gasteiger partial charge in [0.1, 0.15) is 18.3 Å². The van der Waals surface area contributed by atoms with E-state index >= 15 is 0 Å². The predicted molar refractivity (Wildman–Crippen MR) is 38.0 cm³/mol. The topological polar surface area (TPSA) is 69.9 Å². The van der Waals surface area contributed by atoms with E-state index in [4.69, 9.17) is 4.74 Å². The van der Waals surface area contributed by atoms with Gasteiger partial charge in [-0.3, -0.25) is 0 Å². The Kier molecular flexibility index (Phi) is 2.49. The summed E-state index contributed by atoms with van der Waals surface area (Å²) in [4.78, 5) is 0. The summed E-state index contributed by atoms with van der Waals surface area (Å²) >= 11 is 0. The number of hydrogen-bond acceptors (Lipinski definition) is 4. The van der Waals surface area contributed by atoms with Crippen LogP contribution in [-0.4, -0.2) is 45.8 Å². The number of aliphatic hydroxyl groups excluding tert-OH is 3. The zero-order chi connectivity index (χ0) is 8.59. The number of ether oxygens (including phenoxy) is 1. The van der Waals surface area contributed by atoms with Crippen molar-refractivity contribution in [1.29, 1.82) is 0 Å². The summed E-state index contributed by atoms with van der Waals surface area (Å²) in [7, 11) is 0. The number of aliphatic hydroxyl groups is 3. The Bertz CT molecular complexity index is 124. The maximum absolute atomic E-state index is 9.21. The second kappa shape index (κ2) is 3.06. The van der Waals surface area contributed by atoms with Crippen LogP contribution >= 0.6 is 0 Å². The van der Waals surface area contributed by atoms with Crippen LogP contribution in [0.1, 0.15) is 13.8 Å². The lowest BCUT2D eigenvalue weighted by atomic mass is 9.97. The smallest absolute Gasteiger partial charge is 0.111 e. The van der Waals surface area contributed by atoms with Crippen molar-refractivity contribution in [1.82, 2.24) is 0 Å². The largest absolute Gasteiger partial charge is 0.388 e. The monoisotopic (exact) mass is 162 g/mol. The van der Waals surface area contributed by atoms with Gasteiger partial charge in [0.25, 0.3) is 0 Å². The Morgan fingerprint density at radius 1 is 0.818 bits per heavy atom. The van der Waals surface area contributed by atoms with Gasteiger partial charge in [0.05, 0.1) is 12.2 Å². The first-order valence-corrected chi connectivity index (χ1v) is 3.73. The van der Waals surface area contributed by atoms with Crippen LogP contribution in [0.25, 0.3) is 0 Å². The quantitative estimate of drug-likeness (QED) is 0.422. The fourth-order valence-corrected chi connectivity index (χ4v) is 1.26. The van der Waals surface area contributed by atoms with Crippen LogP contribution in [-0.2, 0) is 4.74 Å². The highest BCUT2D eigenvalue weighted by atomic mass is 16.5. The van der Waals surface area contributed by atoms with Crippen molar-refractivity contribution in [2.45, 2.75) is 44.4 Å². The second-order valence-electron chi connectivity index (χ2n) is 3.02. The Hall–Kier alpha value is -0.160. The third-order valence-electron chi connectivity index (χ3n) is 2.09. The lowest BCUT2D eigenvalue weighted by Gasteiger charge is -2.37. The molecule has 66 valence electrons. The van der Waals surface area contributed by atoms with E-state index in [9.17, 15) is 15.3 Å². The van der Waals surface area contributed by atoms with Crippen molar-refractivity contribution in [3.8, 4) is 0 Å². The molecule has 1 saturated heterocycles. The molecule has 1 rings (SSSR count). The molecule has 0 saturated carbocycles. The van der Waals surface area contributed by atoms with E-state index in [0.717, 1.165) is 0 Å². The highest BCUT2D eigenvalue weighted by Crippen LogP contribution is 2.19. The molecule has 1 heterocycles. The van der Waals surface area contributed by atoms with Crippen LogP contribution in [0.15, 0.2) is 0 Å². The van der Waals surface area contributed by atoms with E-state index in [-0.39, 0.29) is 0 Å². The minimum atomic E-state index is -1.09. The maximum Gasteiger partial charge on any atom is 0.111 e. The molecule has 4 nitrogen and oxygen atoms in total. The van der Waals surface area contributed by atoms with E-state index < -0.39 is 30.5 Å². The summed E-state index contributed by atoms with van der Waals surface area (Å²) in [6.45, 7) is 3.33. The molecule has 1 aliphatic heterocycles. The third-order valence-corrected chi connectivity index (χ3v) is 2.09. The SMILES string of the molecule is CC1OC(C)C(O)C(O)C1O. The molecule has 1 aliphatic rings. The van der Waals surface area contributed by atoms with Crippen LogP contribution in [0.2, 0.25) is 0 Å². The lowest BCUT2D eigenvalue weighted by molar-refractivity contribution is -0.211. The number of hydrogen-bond donors (Lipinski definition) is 3. The summed E-state index contributed by atoms with van der Waals surface area (Å²) in [6, 6.07) is 0. The van der Waals surface area contributed by atoms with Gasteiger partial charge in [-0.1, -0.05) is 0 Å². The highest BCUT2D eigenvalue weighted by Gasteiger charge is 2.39. The lowest BCUT2D eigenvalue weighted by Crippen LogP contribution is -2.55. The van der Waals surface area contributed by atoms with E-state index in [1.54, 1.807) is 13.8 Å². The Balaban J connectivity index is 2.63. The van der Waals surface area contributed by atoms with Gasteiger partial charge in [0, 0.05) is 0 Å². The van der Waals surface area contributed by atoms with Gasteiger partial charge >= 0.3 is 0 Å². The van der Waals surface area contributed by atoms with Gasteiger partial charge in [0.2, 0.25) is 0 Å². The molecule has 0 aromatic rings. The molecule has 1 fully saturated rings. The van der Waals surface area contributed by atoms with Crippen molar-refractivity contribution in [2.75, 3.05) is 0 Å². The van der Waals surface area contributed by atoms with Crippen LogP contribution < -0.4 is 0 Å². The zero-order valence-corrected chi connectivity index (χ0v) is 6.64. The molecule has 0 aliphatic carbocycles. The first-order chi connectivity index (χ1) is 5.04. The molecule has 3 N–H and O–H groups in total. The average Bonchev–Trinajstić information content (AvgIpc) is 1.97. The molecule has 0 radical (unpaired) electrons. The van der Waals surface area contributed by atoms with Crippen molar-refractivity contribution in [3.63, 3.8) is 0 Å². The van der Waals surface area contributed by atoms with Gasteiger partial charge in [-0.05, 0) is 13.8 Å². The molecule has 0 aromatic heterocycles. The number of rotatable bonds is 0. The van der Waals surface area contributed by atoms with Crippen LogP contribution in [0.5, 0.6) is 0 Å². The van der Waals surface area contributed by atoms with Crippen LogP contribution in [0, 0.1) is 0 Å². The summed E-state index contributed by atoms with van der Waals surface area (Å²) < 4.78 is 5.12. The zero-order valence-electron chi connectivity index (χ0n) is 6.64. The fourth-order valence-electron chi connectivity index (χ4n) is 1.26. The minimum absolute atomic E-state index is 0.414. The van der Waals surface area contributed by atoms with Crippen molar-refractivity contribution in [2.24, 2.45) is 0 Å². The van der Waals surface area contributed by atoms with E-state index in [0.29, 0.717) is 0 Å². The first kappa shape index (κ1) is 8.93. The normalized spacial score (nSPS) is 52.6. The maximum atomic E-state index is 9.21. The van der Waals surface area contributed by atoms with Gasteiger partial charge in [-0.25, -0.2) is 0 Å². The summed E-state index contributed by atoms with van der Waals surface area (Å²) in [5.74, 6) is 0. The molecular weight excluding hydrogens is 148 g/mol. The fraction of sp³-hybridized carbons (Fsp3) is 1.00. The van der Waals surface area contributed by atoms with Crippen LogP contribution in [0.4, 0.5) is 0 Å². The molecule has 0 spiro atoms. The standard InChI is InChI=1S/C7H14O4/c1-3-5(8)7(10)6(9)4(2)11-3/h3-10H,1-2H3. The Labute approximate surface area is 65.4 Å². The van der Waals surface area contributed by atoms with Crippen molar-refractivity contribution < 1.29 is 20.1 Å². The predicted octanol–water partition coefficient (Wildman–Crippen LogP) is -1.12.